The smallest absolute Gasteiger partial charge is 0.123 e. The van der Waals surface area contributed by atoms with Crippen LogP contribution in [0.25, 0.3) is 10.6 Å². The maximum atomic E-state index is 5.95. The molecule has 5 heteroatoms. The molecule has 0 spiro atoms. The summed E-state index contributed by atoms with van der Waals surface area (Å²) < 4.78 is 0.900. The van der Waals surface area contributed by atoms with Crippen molar-refractivity contribution in [1.29, 1.82) is 0 Å². The molecule has 84 valence electrons. The van der Waals surface area contributed by atoms with Crippen LogP contribution in [0.1, 0.15) is 4.88 Å². The van der Waals surface area contributed by atoms with Crippen LogP contribution in [0.15, 0.2) is 28.9 Å². The highest BCUT2D eigenvalue weighted by Crippen LogP contribution is 2.31. The summed E-state index contributed by atoms with van der Waals surface area (Å²) in [6.45, 7) is 0.854. The lowest BCUT2D eigenvalue weighted by Gasteiger charge is -1.99. The van der Waals surface area contributed by atoms with Gasteiger partial charge in [-0.15, -0.1) is 11.3 Å². The van der Waals surface area contributed by atoms with Crippen LogP contribution in [-0.4, -0.2) is 12.0 Å². The number of rotatable bonds is 3. The van der Waals surface area contributed by atoms with E-state index in [1.54, 1.807) is 11.3 Å². The van der Waals surface area contributed by atoms with Crippen LogP contribution in [0.5, 0.6) is 0 Å². The van der Waals surface area contributed by atoms with E-state index in [4.69, 9.17) is 11.6 Å². The van der Waals surface area contributed by atoms with Crippen LogP contribution in [-0.2, 0) is 6.54 Å². The van der Waals surface area contributed by atoms with Gasteiger partial charge in [-0.05, 0) is 35.1 Å². The van der Waals surface area contributed by atoms with Crippen molar-refractivity contribution < 1.29 is 0 Å². The van der Waals surface area contributed by atoms with Gasteiger partial charge in [-0.2, -0.15) is 0 Å². The summed E-state index contributed by atoms with van der Waals surface area (Å²) in [4.78, 5) is 5.62. The van der Waals surface area contributed by atoms with Gasteiger partial charge in [0.1, 0.15) is 5.01 Å². The number of thiazole rings is 1. The molecule has 0 aliphatic rings. The van der Waals surface area contributed by atoms with Crippen LogP contribution in [0.4, 0.5) is 0 Å². The fraction of sp³-hybridized carbons (Fsp3) is 0.182. The Morgan fingerprint density at radius 3 is 3.00 bits per heavy atom. The van der Waals surface area contributed by atoms with Gasteiger partial charge in [0.15, 0.2) is 0 Å². The van der Waals surface area contributed by atoms with Gasteiger partial charge < -0.3 is 5.32 Å². The molecule has 2 rings (SSSR count). The Morgan fingerprint density at radius 1 is 1.50 bits per heavy atom. The molecule has 16 heavy (non-hydrogen) atoms. The first-order valence-electron chi connectivity index (χ1n) is 4.75. The van der Waals surface area contributed by atoms with Crippen LogP contribution in [0.2, 0.25) is 5.02 Å². The zero-order valence-electron chi connectivity index (χ0n) is 8.63. The molecule has 1 N–H and O–H groups in total. The fourth-order valence-corrected chi connectivity index (χ4v) is 2.74. The average molecular weight is 318 g/mol. The molecule has 0 saturated carbocycles. The minimum Gasteiger partial charge on any atom is -0.315 e. The van der Waals surface area contributed by atoms with E-state index in [2.05, 4.69) is 26.2 Å². The average Bonchev–Trinajstić information content (AvgIpc) is 2.71. The van der Waals surface area contributed by atoms with E-state index in [0.29, 0.717) is 0 Å². The second-order valence-electron chi connectivity index (χ2n) is 3.29. The second kappa shape index (κ2) is 5.27. The molecule has 0 amide bonds. The summed E-state index contributed by atoms with van der Waals surface area (Å²) >= 11 is 11.1. The van der Waals surface area contributed by atoms with Crippen molar-refractivity contribution in [3.63, 3.8) is 0 Å². The van der Waals surface area contributed by atoms with E-state index >= 15 is 0 Å². The van der Waals surface area contributed by atoms with Gasteiger partial charge in [-0.3, -0.25) is 0 Å². The Balaban J connectivity index is 2.31. The number of aromatic nitrogens is 1. The quantitative estimate of drug-likeness (QED) is 0.927. The number of hydrogen-bond donors (Lipinski definition) is 1. The third-order valence-electron chi connectivity index (χ3n) is 2.07. The first-order valence-corrected chi connectivity index (χ1v) is 6.74. The van der Waals surface area contributed by atoms with E-state index in [0.717, 1.165) is 26.6 Å². The molecular formula is C11H10BrClN2S. The molecule has 0 fully saturated rings. The molecule has 0 aliphatic heterocycles. The van der Waals surface area contributed by atoms with Gasteiger partial charge in [0.25, 0.3) is 0 Å². The summed E-state index contributed by atoms with van der Waals surface area (Å²) in [7, 11) is 1.93. The number of hydrogen-bond acceptors (Lipinski definition) is 3. The Kier molecular flexibility index (Phi) is 3.97. The molecule has 0 atom stereocenters. The lowest BCUT2D eigenvalue weighted by Crippen LogP contribution is -2.02. The van der Waals surface area contributed by atoms with E-state index in [9.17, 15) is 0 Å². The Bertz CT molecular complexity index is 498. The Morgan fingerprint density at radius 2 is 2.31 bits per heavy atom. The van der Waals surface area contributed by atoms with Gasteiger partial charge >= 0.3 is 0 Å². The van der Waals surface area contributed by atoms with Crippen molar-refractivity contribution in [2.24, 2.45) is 0 Å². The highest BCUT2D eigenvalue weighted by molar-refractivity contribution is 9.10. The van der Waals surface area contributed by atoms with Crippen LogP contribution < -0.4 is 5.32 Å². The normalized spacial score (nSPS) is 10.7. The van der Waals surface area contributed by atoms with E-state index in [1.807, 2.05) is 31.4 Å². The molecule has 1 aromatic heterocycles. The van der Waals surface area contributed by atoms with Gasteiger partial charge in [0.2, 0.25) is 0 Å². The highest BCUT2D eigenvalue weighted by Gasteiger charge is 2.06. The third kappa shape index (κ3) is 2.63. The van der Waals surface area contributed by atoms with Gasteiger partial charge in [-0.25, -0.2) is 4.98 Å². The molecular weight excluding hydrogens is 308 g/mol. The van der Waals surface area contributed by atoms with Crippen molar-refractivity contribution in [2.45, 2.75) is 6.54 Å². The van der Waals surface area contributed by atoms with Crippen molar-refractivity contribution >= 4 is 38.9 Å². The topological polar surface area (TPSA) is 24.9 Å². The molecule has 0 aliphatic carbocycles. The maximum absolute atomic E-state index is 5.95. The van der Waals surface area contributed by atoms with Crippen LogP contribution >= 0.6 is 38.9 Å². The fourth-order valence-electron chi connectivity index (χ4n) is 1.33. The zero-order chi connectivity index (χ0) is 11.5. The summed E-state index contributed by atoms with van der Waals surface area (Å²) in [5, 5.41) is 4.84. The maximum Gasteiger partial charge on any atom is 0.123 e. The number of nitrogens with one attached hydrogen (secondary N) is 1. The predicted molar refractivity (Wildman–Crippen MR) is 73.0 cm³/mol. The second-order valence-corrected chi connectivity index (χ2v) is 5.67. The molecule has 0 bridgehead atoms. The molecule has 0 saturated heterocycles. The first kappa shape index (κ1) is 12.0. The molecule has 0 unspecified atom stereocenters. The first-order chi connectivity index (χ1) is 7.70. The molecule has 0 radical (unpaired) electrons. The van der Waals surface area contributed by atoms with Gasteiger partial charge in [0.05, 0.1) is 5.02 Å². The third-order valence-corrected chi connectivity index (χ3v) is 4.33. The number of benzene rings is 1. The van der Waals surface area contributed by atoms with Crippen molar-refractivity contribution in [3.8, 4) is 10.6 Å². The van der Waals surface area contributed by atoms with Crippen LogP contribution in [0.3, 0.4) is 0 Å². The molecule has 1 heterocycles. The van der Waals surface area contributed by atoms with Gasteiger partial charge in [0, 0.05) is 27.7 Å². The van der Waals surface area contributed by atoms with Crippen molar-refractivity contribution in [2.75, 3.05) is 7.05 Å². The van der Waals surface area contributed by atoms with Crippen molar-refractivity contribution in [1.82, 2.24) is 10.3 Å². The van der Waals surface area contributed by atoms with E-state index < -0.39 is 0 Å². The molecule has 2 nitrogen and oxygen atoms in total. The van der Waals surface area contributed by atoms with E-state index in [1.165, 1.54) is 4.88 Å². The summed E-state index contributed by atoms with van der Waals surface area (Å²) in [6, 6.07) is 5.85. The Labute approximate surface area is 112 Å². The SMILES string of the molecule is CNCc1cnc(-c2ccc(Cl)c(Br)c2)s1. The number of halogens is 2. The minimum atomic E-state index is 0.718. The Hall–Kier alpha value is -0.420. The summed E-state index contributed by atoms with van der Waals surface area (Å²) in [6.07, 6.45) is 1.90. The number of nitrogens with zero attached hydrogens (tertiary/aromatic N) is 1. The monoisotopic (exact) mass is 316 g/mol. The molecule has 1 aromatic carbocycles. The van der Waals surface area contributed by atoms with Crippen LogP contribution in [0, 0.1) is 0 Å². The minimum absolute atomic E-state index is 0.718. The summed E-state index contributed by atoms with van der Waals surface area (Å²) in [5.41, 5.74) is 1.09. The predicted octanol–water partition coefficient (Wildman–Crippen LogP) is 3.95. The molecule has 2 aromatic rings. The van der Waals surface area contributed by atoms with Gasteiger partial charge in [-0.1, -0.05) is 17.7 Å². The zero-order valence-corrected chi connectivity index (χ0v) is 11.8. The highest BCUT2D eigenvalue weighted by atomic mass is 79.9. The lowest BCUT2D eigenvalue weighted by atomic mass is 10.2. The summed E-state index contributed by atoms with van der Waals surface area (Å²) in [5.74, 6) is 0. The largest absolute Gasteiger partial charge is 0.315 e. The van der Waals surface area contributed by atoms with E-state index in [-0.39, 0.29) is 0 Å². The lowest BCUT2D eigenvalue weighted by molar-refractivity contribution is 0.829. The van der Waals surface area contributed by atoms with Crippen molar-refractivity contribution in [3.05, 3.63) is 38.8 Å². The standard InChI is InChI=1S/C11H10BrClN2S/c1-14-5-8-6-15-11(16-8)7-2-3-10(13)9(12)4-7/h2-4,6,14H,5H2,1H3.